The summed E-state index contributed by atoms with van der Waals surface area (Å²) in [6.45, 7) is 1.48. The molecule has 0 saturated carbocycles. The number of anilines is 1. The van der Waals surface area contributed by atoms with Gasteiger partial charge in [-0.05, 0) is 36.7 Å². The second-order valence-electron chi connectivity index (χ2n) is 4.40. The van der Waals surface area contributed by atoms with Crippen LogP contribution in [0.3, 0.4) is 0 Å². The second kappa shape index (κ2) is 6.80. The summed E-state index contributed by atoms with van der Waals surface area (Å²) in [5.74, 6) is 1.74. The van der Waals surface area contributed by atoms with E-state index in [1.54, 1.807) is 6.20 Å². The van der Waals surface area contributed by atoms with Crippen LogP contribution in [-0.2, 0) is 12.8 Å². The van der Waals surface area contributed by atoms with Crippen LogP contribution in [0.1, 0.15) is 11.4 Å². The lowest BCUT2D eigenvalue weighted by Crippen LogP contribution is -2.22. The summed E-state index contributed by atoms with van der Waals surface area (Å²) in [6, 6.07) is 5.99. The molecule has 2 aromatic rings. The van der Waals surface area contributed by atoms with Gasteiger partial charge in [0.15, 0.2) is 0 Å². The topological polar surface area (TPSA) is 67.9 Å². The molecule has 0 radical (unpaired) electrons. The first-order valence-electron chi connectivity index (χ1n) is 6.41. The Labute approximate surface area is 113 Å². The number of pyridine rings is 1. The highest BCUT2D eigenvalue weighted by atomic mass is 15.2. The maximum Gasteiger partial charge on any atom is 0.131 e. The van der Waals surface area contributed by atoms with Crippen LogP contribution in [0.25, 0.3) is 0 Å². The van der Waals surface area contributed by atoms with Crippen molar-refractivity contribution in [3.05, 3.63) is 48.2 Å². The van der Waals surface area contributed by atoms with Gasteiger partial charge < -0.3 is 10.6 Å². The number of rotatable bonds is 6. The maximum absolute atomic E-state index is 5.52. The van der Waals surface area contributed by atoms with Gasteiger partial charge in [-0.2, -0.15) is 0 Å². The van der Waals surface area contributed by atoms with E-state index in [-0.39, 0.29) is 0 Å². The third kappa shape index (κ3) is 3.99. The molecule has 0 aliphatic carbocycles. The number of likely N-dealkylation sites (N-methyl/N-ethyl adjacent to an activating group) is 1. The molecule has 0 fully saturated rings. The van der Waals surface area contributed by atoms with Gasteiger partial charge in [0.25, 0.3) is 0 Å². The summed E-state index contributed by atoms with van der Waals surface area (Å²) >= 11 is 0. The smallest absolute Gasteiger partial charge is 0.131 e. The quantitative estimate of drug-likeness (QED) is 0.838. The van der Waals surface area contributed by atoms with Gasteiger partial charge in [0.05, 0.1) is 0 Å². The molecule has 5 heteroatoms. The molecular weight excluding hydrogens is 238 g/mol. The minimum atomic E-state index is 0.574. The van der Waals surface area contributed by atoms with Crippen molar-refractivity contribution in [2.45, 2.75) is 12.8 Å². The van der Waals surface area contributed by atoms with Gasteiger partial charge in [-0.15, -0.1) is 0 Å². The van der Waals surface area contributed by atoms with Crippen LogP contribution in [0.5, 0.6) is 0 Å². The first-order valence-corrected chi connectivity index (χ1v) is 6.41. The summed E-state index contributed by atoms with van der Waals surface area (Å²) in [5.41, 5.74) is 6.80. The highest BCUT2D eigenvalue weighted by Crippen LogP contribution is 2.09. The Hall–Kier alpha value is -2.01. The largest absolute Gasteiger partial charge is 0.359 e. The zero-order chi connectivity index (χ0) is 13.5. The van der Waals surface area contributed by atoms with Gasteiger partial charge >= 0.3 is 0 Å². The van der Waals surface area contributed by atoms with Crippen LogP contribution in [-0.4, -0.2) is 35.1 Å². The summed E-state index contributed by atoms with van der Waals surface area (Å²) in [7, 11) is 2.04. The molecule has 0 atom stereocenters. The number of hydrogen-bond donors (Lipinski definition) is 1. The zero-order valence-corrected chi connectivity index (χ0v) is 11.2. The van der Waals surface area contributed by atoms with Crippen LogP contribution in [0.15, 0.2) is 36.8 Å². The van der Waals surface area contributed by atoms with Gasteiger partial charge in [-0.1, -0.05) is 0 Å². The molecule has 0 spiro atoms. The molecule has 2 N–H and O–H groups in total. The first-order chi connectivity index (χ1) is 9.29. The molecule has 19 heavy (non-hydrogen) atoms. The Bertz CT molecular complexity index is 500. The fraction of sp³-hybridized carbons (Fsp3) is 0.357. The van der Waals surface area contributed by atoms with Crippen LogP contribution in [0, 0.1) is 0 Å². The van der Waals surface area contributed by atoms with E-state index in [9.17, 15) is 0 Å². The van der Waals surface area contributed by atoms with E-state index in [1.807, 2.05) is 37.6 Å². The number of hydrogen-bond acceptors (Lipinski definition) is 5. The van der Waals surface area contributed by atoms with Gasteiger partial charge in [0.2, 0.25) is 0 Å². The lowest BCUT2D eigenvalue weighted by atomic mass is 10.2. The van der Waals surface area contributed by atoms with Gasteiger partial charge in [0, 0.05) is 38.6 Å². The van der Waals surface area contributed by atoms with Crippen molar-refractivity contribution in [1.82, 2.24) is 15.0 Å². The molecule has 0 amide bonds. The van der Waals surface area contributed by atoms with E-state index < -0.39 is 0 Å². The van der Waals surface area contributed by atoms with Gasteiger partial charge in [0.1, 0.15) is 11.6 Å². The highest BCUT2D eigenvalue weighted by Gasteiger charge is 2.04. The SMILES string of the molecule is CN(CCc1ccncc1)c1ccnc(CCN)n1. The van der Waals surface area contributed by atoms with Crippen molar-refractivity contribution in [3.63, 3.8) is 0 Å². The Morgan fingerprint density at radius 3 is 2.63 bits per heavy atom. The number of nitrogens with zero attached hydrogens (tertiary/aromatic N) is 4. The lowest BCUT2D eigenvalue weighted by molar-refractivity contribution is 0.820. The Morgan fingerprint density at radius 1 is 1.11 bits per heavy atom. The minimum absolute atomic E-state index is 0.574. The summed E-state index contributed by atoms with van der Waals surface area (Å²) in [4.78, 5) is 14.8. The predicted molar refractivity (Wildman–Crippen MR) is 76.0 cm³/mol. The Balaban J connectivity index is 1.95. The molecule has 0 aliphatic heterocycles. The standard InChI is InChI=1S/C14H19N5/c1-19(11-6-12-3-8-16-9-4-12)14-5-10-17-13(18-14)2-7-15/h3-5,8-10H,2,6-7,11,15H2,1H3. The molecule has 0 bridgehead atoms. The van der Waals surface area contributed by atoms with Crippen molar-refractivity contribution in [3.8, 4) is 0 Å². The monoisotopic (exact) mass is 257 g/mol. The second-order valence-corrected chi connectivity index (χ2v) is 4.40. The van der Waals surface area contributed by atoms with E-state index in [1.165, 1.54) is 5.56 Å². The molecule has 5 nitrogen and oxygen atoms in total. The molecule has 2 heterocycles. The number of aromatic nitrogens is 3. The molecular formula is C14H19N5. The molecule has 0 saturated heterocycles. The molecule has 0 aliphatic rings. The summed E-state index contributed by atoms with van der Waals surface area (Å²) < 4.78 is 0. The normalized spacial score (nSPS) is 10.4. The van der Waals surface area contributed by atoms with Crippen molar-refractivity contribution >= 4 is 5.82 Å². The van der Waals surface area contributed by atoms with Gasteiger partial charge in [-0.3, -0.25) is 4.98 Å². The van der Waals surface area contributed by atoms with Crippen molar-refractivity contribution in [1.29, 1.82) is 0 Å². The van der Waals surface area contributed by atoms with E-state index in [0.717, 1.165) is 24.6 Å². The van der Waals surface area contributed by atoms with Crippen molar-refractivity contribution in [2.75, 3.05) is 25.0 Å². The molecule has 100 valence electrons. The lowest BCUT2D eigenvalue weighted by Gasteiger charge is -2.18. The third-order valence-corrected chi connectivity index (χ3v) is 2.94. The highest BCUT2D eigenvalue weighted by molar-refractivity contribution is 5.36. The average Bonchev–Trinajstić information content (AvgIpc) is 2.46. The summed E-state index contributed by atoms with van der Waals surface area (Å²) in [5, 5.41) is 0. The molecule has 0 unspecified atom stereocenters. The van der Waals surface area contributed by atoms with E-state index in [2.05, 4.69) is 19.9 Å². The van der Waals surface area contributed by atoms with Crippen LogP contribution in [0.2, 0.25) is 0 Å². The summed E-state index contributed by atoms with van der Waals surface area (Å²) in [6.07, 6.45) is 7.11. The van der Waals surface area contributed by atoms with Crippen LogP contribution >= 0.6 is 0 Å². The fourth-order valence-electron chi connectivity index (χ4n) is 1.81. The zero-order valence-electron chi connectivity index (χ0n) is 11.2. The third-order valence-electron chi connectivity index (χ3n) is 2.94. The Kier molecular flexibility index (Phi) is 4.80. The number of nitrogens with two attached hydrogens (primary N) is 1. The van der Waals surface area contributed by atoms with Crippen LogP contribution in [0.4, 0.5) is 5.82 Å². The molecule has 2 rings (SSSR count). The fourth-order valence-corrected chi connectivity index (χ4v) is 1.81. The van der Waals surface area contributed by atoms with E-state index >= 15 is 0 Å². The minimum Gasteiger partial charge on any atom is -0.359 e. The maximum atomic E-state index is 5.52. The first kappa shape index (κ1) is 13.4. The van der Waals surface area contributed by atoms with E-state index in [4.69, 9.17) is 5.73 Å². The molecule has 0 aromatic carbocycles. The molecule has 2 aromatic heterocycles. The Morgan fingerprint density at radius 2 is 1.89 bits per heavy atom. The van der Waals surface area contributed by atoms with Gasteiger partial charge in [-0.25, -0.2) is 9.97 Å². The predicted octanol–water partition coefficient (Wildman–Crippen LogP) is 1.05. The van der Waals surface area contributed by atoms with Crippen molar-refractivity contribution < 1.29 is 0 Å². The van der Waals surface area contributed by atoms with E-state index in [0.29, 0.717) is 13.0 Å². The van der Waals surface area contributed by atoms with Crippen LogP contribution < -0.4 is 10.6 Å². The van der Waals surface area contributed by atoms with Crippen molar-refractivity contribution in [2.24, 2.45) is 5.73 Å². The average molecular weight is 257 g/mol.